The van der Waals surface area contributed by atoms with Crippen molar-refractivity contribution in [1.82, 2.24) is 9.36 Å². The highest BCUT2D eigenvalue weighted by Crippen LogP contribution is 2.41. The second kappa shape index (κ2) is 12.6. The molecule has 4 rings (SSSR count). The number of rotatable bonds is 8. The number of carbonyl (C=O) groups is 3. The van der Waals surface area contributed by atoms with Crippen LogP contribution in [-0.4, -0.2) is 38.0 Å². The number of hydrogen-bond donors (Lipinski definition) is 3. The highest BCUT2D eigenvalue weighted by Gasteiger charge is 2.29. The van der Waals surface area contributed by atoms with E-state index in [0.717, 1.165) is 0 Å². The van der Waals surface area contributed by atoms with Gasteiger partial charge in [-0.05, 0) is 43.3 Å². The summed E-state index contributed by atoms with van der Waals surface area (Å²) in [7, 11) is 1.74. The smallest absolute Gasteiger partial charge is 0.338 e. The molecule has 4 aromatic rings. The zero-order valence-electron chi connectivity index (χ0n) is 21.3. The van der Waals surface area contributed by atoms with E-state index in [-0.39, 0.29) is 38.0 Å². The van der Waals surface area contributed by atoms with Crippen LogP contribution in [0.1, 0.15) is 26.4 Å². The second-order valence-corrected chi connectivity index (χ2v) is 11.1. The fourth-order valence-electron chi connectivity index (χ4n) is 3.91. The number of thioether (sulfide) groups is 1. The molecule has 0 unspecified atom stereocenters. The number of aromatic carboxylic acids is 1. The highest BCUT2D eigenvalue weighted by molar-refractivity contribution is 8.00. The Labute approximate surface area is 257 Å². The van der Waals surface area contributed by atoms with Gasteiger partial charge in [-0.1, -0.05) is 64.6 Å². The minimum atomic E-state index is -1.50. The van der Waals surface area contributed by atoms with Crippen LogP contribution in [0.5, 0.6) is 0 Å². The molecule has 0 spiro atoms. The number of para-hydroxylation sites is 1. The first-order valence-electron chi connectivity index (χ1n) is 11.7. The number of carbonyl (C=O) groups excluding carboxylic acids is 2. The van der Waals surface area contributed by atoms with Crippen molar-refractivity contribution in [3.05, 3.63) is 102 Å². The van der Waals surface area contributed by atoms with E-state index in [9.17, 15) is 24.3 Å². The molecule has 0 fully saturated rings. The lowest BCUT2D eigenvalue weighted by Gasteiger charge is -2.14. The summed E-state index contributed by atoms with van der Waals surface area (Å²) in [5.41, 5.74) is 0.438. The monoisotopic (exact) mass is 652 g/mol. The molecule has 14 heteroatoms. The summed E-state index contributed by atoms with van der Waals surface area (Å²) in [5, 5.41) is 13.5. The van der Waals surface area contributed by atoms with E-state index in [2.05, 4.69) is 10.6 Å². The molecule has 9 nitrogen and oxygen atoms in total. The molecule has 0 aliphatic carbocycles. The summed E-state index contributed by atoms with van der Waals surface area (Å²) < 4.78 is 3.15. The molecule has 212 valence electrons. The van der Waals surface area contributed by atoms with Crippen LogP contribution >= 0.6 is 58.2 Å². The molecule has 0 saturated carbocycles. The van der Waals surface area contributed by atoms with Gasteiger partial charge in [0.05, 0.1) is 48.4 Å². The Morgan fingerprint density at radius 3 is 2.02 bits per heavy atom. The van der Waals surface area contributed by atoms with Crippen LogP contribution in [0.15, 0.2) is 64.3 Å². The first-order valence-corrected chi connectivity index (χ1v) is 14.2. The van der Waals surface area contributed by atoms with Crippen molar-refractivity contribution in [3.8, 4) is 5.69 Å². The second-order valence-electron chi connectivity index (χ2n) is 8.56. The number of carboxylic acid groups (broad SMARTS) is 1. The van der Waals surface area contributed by atoms with Crippen molar-refractivity contribution >= 4 is 87.3 Å². The van der Waals surface area contributed by atoms with Crippen molar-refractivity contribution in [2.75, 3.05) is 16.4 Å². The summed E-state index contributed by atoms with van der Waals surface area (Å²) >= 11 is 25.3. The highest BCUT2D eigenvalue weighted by atomic mass is 35.5. The maximum atomic E-state index is 13.0. The Balaban J connectivity index is 1.43. The normalized spacial score (nSPS) is 10.9. The largest absolute Gasteiger partial charge is 0.478 e. The van der Waals surface area contributed by atoms with Crippen LogP contribution < -0.4 is 16.2 Å². The van der Waals surface area contributed by atoms with Gasteiger partial charge in [0.15, 0.2) is 0 Å². The third-order valence-corrected chi connectivity index (χ3v) is 8.82. The van der Waals surface area contributed by atoms with E-state index >= 15 is 0 Å². The predicted molar refractivity (Wildman–Crippen MR) is 163 cm³/mol. The summed E-state index contributed by atoms with van der Waals surface area (Å²) in [6.07, 6.45) is 0. The lowest BCUT2D eigenvalue weighted by Crippen LogP contribution is -2.23. The van der Waals surface area contributed by atoms with Gasteiger partial charge in [0, 0.05) is 17.6 Å². The Morgan fingerprint density at radius 2 is 1.44 bits per heavy atom. The van der Waals surface area contributed by atoms with E-state index in [4.69, 9.17) is 46.4 Å². The van der Waals surface area contributed by atoms with Crippen LogP contribution in [0.4, 0.5) is 11.4 Å². The molecular formula is C27H20Cl4N4O5S. The van der Waals surface area contributed by atoms with Crippen molar-refractivity contribution in [2.45, 2.75) is 11.8 Å². The lowest BCUT2D eigenvalue weighted by atomic mass is 10.1. The number of aromatic nitrogens is 2. The van der Waals surface area contributed by atoms with Crippen molar-refractivity contribution in [2.24, 2.45) is 7.05 Å². The Kier molecular flexibility index (Phi) is 9.41. The number of anilines is 2. The van der Waals surface area contributed by atoms with Gasteiger partial charge in [0.1, 0.15) is 5.69 Å². The molecule has 0 saturated heterocycles. The average molecular weight is 654 g/mol. The third-order valence-electron chi connectivity index (χ3n) is 6.01. The SMILES string of the molecule is Cc1c(NC(=O)CSc2ccc(NC(=O)c3c(Cl)c(Cl)c(Cl)c(Cl)c3C(=O)O)cc2)c(=O)n(-c2ccccc2)n1C. The Hall–Kier alpha value is -3.41. The van der Waals surface area contributed by atoms with Crippen molar-refractivity contribution in [3.63, 3.8) is 0 Å². The van der Waals surface area contributed by atoms with E-state index in [1.54, 1.807) is 55.1 Å². The zero-order valence-corrected chi connectivity index (χ0v) is 25.1. The minimum absolute atomic E-state index is 0.0180. The van der Waals surface area contributed by atoms with Crippen LogP contribution in [0.3, 0.4) is 0 Å². The van der Waals surface area contributed by atoms with Crippen LogP contribution in [-0.2, 0) is 11.8 Å². The van der Waals surface area contributed by atoms with Gasteiger partial charge >= 0.3 is 5.97 Å². The van der Waals surface area contributed by atoms with Crippen molar-refractivity contribution < 1.29 is 19.5 Å². The summed E-state index contributed by atoms with van der Waals surface area (Å²) in [4.78, 5) is 51.0. The van der Waals surface area contributed by atoms with Crippen LogP contribution in [0, 0.1) is 6.92 Å². The molecular weight excluding hydrogens is 634 g/mol. The first kappa shape index (κ1) is 30.5. The maximum Gasteiger partial charge on any atom is 0.338 e. The molecule has 0 radical (unpaired) electrons. The standard InChI is InChI=1S/C27H20Cl4N4O5S/c1-13-24(26(38)35(34(13)2)15-6-4-3-5-7-15)33-17(36)12-41-16-10-8-14(9-11-16)32-25(37)18-19(27(39)40)21(29)23(31)22(30)20(18)28/h3-11H,12H2,1-2H3,(H,32,37)(H,33,36)(H,39,40). The topological polar surface area (TPSA) is 122 Å². The number of nitrogens with one attached hydrogen (secondary N) is 2. The molecule has 1 heterocycles. The van der Waals surface area contributed by atoms with Gasteiger partial charge in [-0.25, -0.2) is 9.48 Å². The molecule has 41 heavy (non-hydrogen) atoms. The summed E-state index contributed by atoms with van der Waals surface area (Å²) in [5.74, 6) is -2.71. The molecule has 0 atom stereocenters. The first-order chi connectivity index (χ1) is 19.4. The number of nitrogens with zero attached hydrogens (tertiary/aromatic N) is 2. The molecule has 2 amide bonds. The van der Waals surface area contributed by atoms with Gasteiger partial charge in [-0.3, -0.25) is 19.1 Å². The molecule has 0 bridgehead atoms. The third kappa shape index (κ3) is 6.27. The van der Waals surface area contributed by atoms with E-state index in [0.29, 0.717) is 22.0 Å². The predicted octanol–water partition coefficient (Wildman–Crippen LogP) is 6.78. The minimum Gasteiger partial charge on any atom is -0.478 e. The van der Waals surface area contributed by atoms with Gasteiger partial charge in [-0.15, -0.1) is 11.8 Å². The lowest BCUT2D eigenvalue weighted by molar-refractivity contribution is -0.113. The van der Waals surface area contributed by atoms with E-state index < -0.39 is 28.0 Å². The number of hydrogen-bond acceptors (Lipinski definition) is 5. The number of benzene rings is 3. The maximum absolute atomic E-state index is 13.0. The average Bonchev–Trinajstić information content (AvgIpc) is 3.16. The molecule has 0 aliphatic rings. The Morgan fingerprint density at radius 1 is 0.854 bits per heavy atom. The van der Waals surface area contributed by atoms with E-state index in [1.165, 1.54) is 16.4 Å². The Bertz CT molecular complexity index is 1740. The summed E-state index contributed by atoms with van der Waals surface area (Å²) in [6.45, 7) is 1.75. The number of carboxylic acids is 1. The quantitative estimate of drug-likeness (QED) is 0.109. The van der Waals surface area contributed by atoms with Gasteiger partial charge < -0.3 is 15.7 Å². The molecule has 1 aromatic heterocycles. The molecule has 3 aromatic carbocycles. The number of halogens is 4. The molecule has 0 aliphatic heterocycles. The van der Waals surface area contributed by atoms with Gasteiger partial charge in [0.25, 0.3) is 11.5 Å². The van der Waals surface area contributed by atoms with Gasteiger partial charge in [0.2, 0.25) is 5.91 Å². The summed E-state index contributed by atoms with van der Waals surface area (Å²) in [6, 6.07) is 15.5. The zero-order chi connectivity index (χ0) is 30.0. The number of amides is 2. The van der Waals surface area contributed by atoms with Crippen LogP contribution in [0.25, 0.3) is 5.69 Å². The fraction of sp³-hybridized carbons (Fsp3) is 0.111. The molecule has 3 N–H and O–H groups in total. The van der Waals surface area contributed by atoms with Crippen molar-refractivity contribution in [1.29, 1.82) is 0 Å². The van der Waals surface area contributed by atoms with E-state index in [1.807, 2.05) is 18.2 Å². The fourth-order valence-corrected chi connectivity index (χ4v) is 5.63. The van der Waals surface area contributed by atoms with Crippen LogP contribution in [0.2, 0.25) is 20.1 Å². The van der Waals surface area contributed by atoms with Gasteiger partial charge in [-0.2, -0.15) is 0 Å².